The van der Waals surface area contributed by atoms with Gasteiger partial charge in [0.05, 0.1) is 16.8 Å². The van der Waals surface area contributed by atoms with Crippen molar-refractivity contribution in [3.63, 3.8) is 0 Å². The predicted octanol–water partition coefficient (Wildman–Crippen LogP) is 4.28. The Kier molecular flexibility index (Phi) is 6.11. The summed E-state index contributed by atoms with van der Waals surface area (Å²) in [6.07, 6.45) is 2.24. The topological polar surface area (TPSA) is 83.6 Å². The predicted molar refractivity (Wildman–Crippen MR) is 105 cm³/mol. The van der Waals surface area contributed by atoms with Gasteiger partial charge in [-0.2, -0.15) is 0 Å². The Morgan fingerprint density at radius 2 is 1.86 bits per heavy atom. The number of carbonyl (C=O) groups excluding carboxylic acids is 1. The molecule has 0 radical (unpaired) electrons. The summed E-state index contributed by atoms with van der Waals surface area (Å²) in [7, 11) is 1.71. The number of carbonyl (C=O) groups is 2. The SMILES string of the molecule is CN(Cc1ccc(C(=O)O)cc1)C(=O)CCc1ncc(-c2ccccc2Cl)o1. The molecule has 1 aromatic heterocycles. The number of hydrogen-bond acceptors (Lipinski definition) is 4. The maximum atomic E-state index is 12.4. The smallest absolute Gasteiger partial charge is 0.335 e. The first-order valence-corrected chi connectivity index (χ1v) is 9.07. The van der Waals surface area contributed by atoms with Crippen LogP contribution in [0.3, 0.4) is 0 Å². The number of aromatic nitrogens is 1. The molecule has 1 amide bonds. The maximum Gasteiger partial charge on any atom is 0.335 e. The second kappa shape index (κ2) is 8.71. The lowest BCUT2D eigenvalue weighted by Crippen LogP contribution is -2.26. The fourth-order valence-corrected chi connectivity index (χ4v) is 2.96. The lowest BCUT2D eigenvalue weighted by Gasteiger charge is -2.17. The van der Waals surface area contributed by atoms with Gasteiger partial charge in [-0.05, 0) is 29.8 Å². The molecular weight excluding hydrogens is 380 g/mol. The number of amides is 1. The molecular formula is C21H19ClN2O4. The Balaban J connectivity index is 1.55. The zero-order chi connectivity index (χ0) is 20.1. The fourth-order valence-electron chi connectivity index (χ4n) is 2.73. The molecule has 3 aromatic rings. The second-order valence-electron chi connectivity index (χ2n) is 6.35. The summed E-state index contributed by atoms with van der Waals surface area (Å²) < 4.78 is 5.71. The Morgan fingerprint density at radius 3 is 2.54 bits per heavy atom. The molecule has 0 saturated heterocycles. The van der Waals surface area contributed by atoms with E-state index in [0.717, 1.165) is 11.1 Å². The summed E-state index contributed by atoms with van der Waals surface area (Å²) in [5.41, 5.74) is 1.84. The second-order valence-corrected chi connectivity index (χ2v) is 6.76. The zero-order valence-corrected chi connectivity index (χ0v) is 16.0. The molecule has 28 heavy (non-hydrogen) atoms. The fraction of sp³-hybridized carbons (Fsp3) is 0.190. The highest BCUT2D eigenvalue weighted by Crippen LogP contribution is 2.28. The van der Waals surface area contributed by atoms with E-state index in [-0.39, 0.29) is 17.9 Å². The van der Waals surface area contributed by atoms with Crippen molar-refractivity contribution < 1.29 is 19.1 Å². The van der Waals surface area contributed by atoms with Gasteiger partial charge >= 0.3 is 5.97 Å². The van der Waals surface area contributed by atoms with E-state index >= 15 is 0 Å². The van der Waals surface area contributed by atoms with Crippen molar-refractivity contribution >= 4 is 23.5 Å². The molecule has 0 unspecified atom stereocenters. The van der Waals surface area contributed by atoms with Gasteiger partial charge in [-0.1, -0.05) is 35.9 Å². The molecule has 0 bridgehead atoms. The Hall–Kier alpha value is -3.12. The lowest BCUT2D eigenvalue weighted by molar-refractivity contribution is -0.130. The number of carboxylic acid groups (broad SMARTS) is 1. The molecule has 0 fully saturated rings. The summed E-state index contributed by atoms with van der Waals surface area (Å²) in [6.45, 7) is 0.398. The summed E-state index contributed by atoms with van der Waals surface area (Å²) in [4.78, 5) is 29.1. The molecule has 3 rings (SSSR count). The molecule has 144 valence electrons. The molecule has 1 heterocycles. The highest BCUT2D eigenvalue weighted by atomic mass is 35.5. The summed E-state index contributed by atoms with van der Waals surface area (Å²) in [5.74, 6) is 0.0142. The number of benzene rings is 2. The van der Waals surface area contributed by atoms with E-state index in [9.17, 15) is 9.59 Å². The summed E-state index contributed by atoms with van der Waals surface area (Å²) in [5, 5.41) is 9.51. The van der Waals surface area contributed by atoms with Crippen molar-refractivity contribution in [1.29, 1.82) is 0 Å². The molecule has 0 aliphatic heterocycles. The van der Waals surface area contributed by atoms with Crippen LogP contribution in [0.4, 0.5) is 0 Å². The van der Waals surface area contributed by atoms with Crippen LogP contribution in [0.2, 0.25) is 5.02 Å². The molecule has 0 aliphatic carbocycles. The van der Waals surface area contributed by atoms with E-state index in [4.69, 9.17) is 21.1 Å². The van der Waals surface area contributed by atoms with Crippen molar-refractivity contribution in [3.05, 3.63) is 76.8 Å². The van der Waals surface area contributed by atoms with Gasteiger partial charge < -0.3 is 14.4 Å². The molecule has 0 spiro atoms. The number of nitrogens with zero attached hydrogens (tertiary/aromatic N) is 2. The van der Waals surface area contributed by atoms with Gasteiger partial charge in [0.25, 0.3) is 0 Å². The van der Waals surface area contributed by atoms with E-state index < -0.39 is 5.97 Å². The number of hydrogen-bond donors (Lipinski definition) is 1. The van der Waals surface area contributed by atoms with Crippen LogP contribution in [0.15, 0.2) is 59.1 Å². The highest BCUT2D eigenvalue weighted by Gasteiger charge is 2.14. The van der Waals surface area contributed by atoms with Gasteiger partial charge in [-0.15, -0.1) is 0 Å². The number of rotatable bonds is 7. The van der Waals surface area contributed by atoms with Gasteiger partial charge in [-0.3, -0.25) is 4.79 Å². The van der Waals surface area contributed by atoms with E-state index in [1.807, 2.05) is 18.2 Å². The third kappa shape index (κ3) is 4.78. The molecule has 0 atom stereocenters. The van der Waals surface area contributed by atoms with Gasteiger partial charge in [0.1, 0.15) is 0 Å². The maximum absolute atomic E-state index is 12.4. The van der Waals surface area contributed by atoms with E-state index in [0.29, 0.717) is 29.6 Å². The van der Waals surface area contributed by atoms with Gasteiger partial charge in [0, 0.05) is 32.0 Å². The van der Waals surface area contributed by atoms with Crippen LogP contribution < -0.4 is 0 Å². The van der Waals surface area contributed by atoms with Crippen LogP contribution in [0, 0.1) is 0 Å². The molecule has 1 N–H and O–H groups in total. The monoisotopic (exact) mass is 398 g/mol. The van der Waals surface area contributed by atoms with Crippen molar-refractivity contribution in [3.8, 4) is 11.3 Å². The normalized spacial score (nSPS) is 10.6. The van der Waals surface area contributed by atoms with Crippen molar-refractivity contribution in [2.45, 2.75) is 19.4 Å². The minimum atomic E-state index is -0.974. The van der Waals surface area contributed by atoms with Crippen LogP contribution in [-0.4, -0.2) is 33.9 Å². The van der Waals surface area contributed by atoms with Crippen molar-refractivity contribution in [1.82, 2.24) is 9.88 Å². The van der Waals surface area contributed by atoms with Crippen LogP contribution in [0.1, 0.15) is 28.2 Å². The van der Waals surface area contributed by atoms with Crippen LogP contribution >= 0.6 is 11.6 Å². The number of carboxylic acids is 1. The Morgan fingerprint density at radius 1 is 1.14 bits per heavy atom. The highest BCUT2D eigenvalue weighted by molar-refractivity contribution is 6.33. The number of oxazole rings is 1. The summed E-state index contributed by atoms with van der Waals surface area (Å²) >= 11 is 6.16. The number of halogens is 1. The minimum absolute atomic E-state index is 0.0557. The first-order chi connectivity index (χ1) is 13.4. The Labute approximate surface area is 167 Å². The third-order valence-corrected chi connectivity index (χ3v) is 4.62. The molecule has 7 heteroatoms. The van der Waals surface area contributed by atoms with Crippen molar-refractivity contribution in [2.24, 2.45) is 0 Å². The molecule has 0 aliphatic rings. The van der Waals surface area contributed by atoms with E-state index in [1.165, 1.54) is 12.1 Å². The standard InChI is InChI=1S/C21H19ClN2O4/c1-24(13-14-6-8-15(9-7-14)21(26)27)20(25)11-10-19-23-12-18(28-19)16-4-2-3-5-17(16)22/h2-9,12H,10-11,13H2,1H3,(H,26,27). The molecule has 6 nitrogen and oxygen atoms in total. The molecule has 2 aromatic carbocycles. The summed E-state index contributed by atoms with van der Waals surface area (Å²) in [6, 6.07) is 13.8. The first kappa shape index (κ1) is 19.6. The Bertz CT molecular complexity index is 982. The molecule has 0 saturated carbocycles. The average Bonchev–Trinajstić information content (AvgIpc) is 3.15. The van der Waals surface area contributed by atoms with Crippen LogP contribution in [-0.2, 0) is 17.8 Å². The largest absolute Gasteiger partial charge is 0.478 e. The first-order valence-electron chi connectivity index (χ1n) is 8.70. The van der Waals surface area contributed by atoms with Crippen LogP contribution in [0.25, 0.3) is 11.3 Å². The van der Waals surface area contributed by atoms with E-state index in [2.05, 4.69) is 4.98 Å². The average molecular weight is 399 g/mol. The minimum Gasteiger partial charge on any atom is -0.478 e. The van der Waals surface area contributed by atoms with Crippen LogP contribution in [0.5, 0.6) is 0 Å². The van der Waals surface area contributed by atoms with Gasteiger partial charge in [0.2, 0.25) is 5.91 Å². The quantitative estimate of drug-likeness (QED) is 0.642. The number of aryl methyl sites for hydroxylation is 1. The van der Waals surface area contributed by atoms with Gasteiger partial charge in [-0.25, -0.2) is 9.78 Å². The van der Waals surface area contributed by atoms with Crippen molar-refractivity contribution in [2.75, 3.05) is 7.05 Å². The third-order valence-electron chi connectivity index (χ3n) is 4.29. The van der Waals surface area contributed by atoms with Gasteiger partial charge in [0.15, 0.2) is 11.7 Å². The lowest BCUT2D eigenvalue weighted by atomic mass is 10.1. The zero-order valence-electron chi connectivity index (χ0n) is 15.3. The number of aromatic carboxylic acids is 1. The van der Waals surface area contributed by atoms with E-state index in [1.54, 1.807) is 36.3 Å².